The summed E-state index contributed by atoms with van der Waals surface area (Å²) in [5.41, 5.74) is -1.77. The molecule has 0 spiro atoms. The van der Waals surface area contributed by atoms with Crippen molar-refractivity contribution in [2.24, 2.45) is 5.92 Å². The van der Waals surface area contributed by atoms with Crippen molar-refractivity contribution in [3.63, 3.8) is 0 Å². The van der Waals surface area contributed by atoms with Crippen molar-refractivity contribution in [3.8, 4) is 0 Å². The molecule has 0 saturated heterocycles. The van der Waals surface area contributed by atoms with E-state index in [0.29, 0.717) is 18.8 Å². The Bertz CT molecular complexity index is 321. The summed E-state index contributed by atoms with van der Waals surface area (Å²) in [4.78, 5) is 22.9. The normalized spacial score (nSPS) is 28.8. The molecule has 1 amide bonds. The molecule has 0 radical (unpaired) electrons. The summed E-state index contributed by atoms with van der Waals surface area (Å²) < 4.78 is 5.10. The largest absolute Gasteiger partial charge is 0.480 e. The van der Waals surface area contributed by atoms with Gasteiger partial charge in [0, 0.05) is 0 Å². The molecule has 2 atom stereocenters. The fraction of sp³-hybridized carbons (Fsp3) is 0.833. The van der Waals surface area contributed by atoms with Crippen molar-refractivity contribution in [1.82, 2.24) is 5.32 Å². The molecule has 0 aromatic rings. The zero-order valence-electron chi connectivity index (χ0n) is 10.9. The Balaban J connectivity index is 2.69. The number of carbonyl (C=O) groups excluding carboxylic acids is 1. The van der Waals surface area contributed by atoms with Crippen LogP contribution in [0.25, 0.3) is 0 Å². The lowest BCUT2D eigenvalue weighted by Crippen LogP contribution is -2.53. The Labute approximate surface area is 102 Å². The molecule has 1 aliphatic carbocycles. The predicted molar refractivity (Wildman–Crippen MR) is 62.8 cm³/mol. The molecular formula is C12H21NO4. The van der Waals surface area contributed by atoms with Crippen molar-refractivity contribution in [1.29, 1.82) is 0 Å². The fourth-order valence-electron chi connectivity index (χ4n) is 2.15. The van der Waals surface area contributed by atoms with E-state index in [1.165, 1.54) is 0 Å². The Kier molecular flexibility index (Phi) is 3.69. The third-order valence-electron chi connectivity index (χ3n) is 2.91. The van der Waals surface area contributed by atoms with Gasteiger partial charge in [0.25, 0.3) is 0 Å². The van der Waals surface area contributed by atoms with Gasteiger partial charge in [-0.05, 0) is 46.0 Å². The van der Waals surface area contributed by atoms with Crippen molar-refractivity contribution < 1.29 is 19.4 Å². The van der Waals surface area contributed by atoms with Crippen molar-refractivity contribution in [2.75, 3.05) is 0 Å². The Hall–Kier alpha value is -1.26. The first-order valence-electron chi connectivity index (χ1n) is 5.89. The van der Waals surface area contributed by atoms with Crippen LogP contribution in [0.5, 0.6) is 0 Å². The minimum absolute atomic E-state index is 0.307. The molecule has 0 heterocycles. The number of carboxylic acid groups (broad SMARTS) is 1. The molecule has 17 heavy (non-hydrogen) atoms. The number of carboxylic acids is 1. The van der Waals surface area contributed by atoms with Gasteiger partial charge < -0.3 is 15.2 Å². The summed E-state index contributed by atoms with van der Waals surface area (Å²) in [7, 11) is 0. The summed E-state index contributed by atoms with van der Waals surface area (Å²) in [6.45, 7) is 7.23. The average Bonchev–Trinajstić information content (AvgIpc) is 2.44. The molecule has 0 bridgehead atoms. The standard InChI is InChI=1S/C12H21NO4/c1-8-5-6-12(7-8,9(14)15)13-10(16)17-11(2,3)4/h8H,5-7H2,1-4H3,(H,13,16)(H,14,15). The maximum atomic E-state index is 11.6. The van der Waals surface area contributed by atoms with Gasteiger partial charge in [-0.25, -0.2) is 9.59 Å². The van der Waals surface area contributed by atoms with Gasteiger partial charge in [-0.15, -0.1) is 0 Å². The average molecular weight is 243 g/mol. The predicted octanol–water partition coefficient (Wildman–Crippen LogP) is 2.15. The van der Waals surface area contributed by atoms with Gasteiger partial charge >= 0.3 is 12.1 Å². The molecule has 1 rings (SSSR count). The van der Waals surface area contributed by atoms with Gasteiger partial charge in [0.2, 0.25) is 0 Å². The SMILES string of the molecule is CC1CCC(NC(=O)OC(C)(C)C)(C(=O)O)C1. The van der Waals surface area contributed by atoms with Gasteiger partial charge in [-0.2, -0.15) is 0 Å². The lowest BCUT2D eigenvalue weighted by molar-refractivity contribution is -0.144. The number of hydrogen-bond donors (Lipinski definition) is 2. The summed E-state index contributed by atoms with van der Waals surface area (Å²) in [6.07, 6.45) is 1.07. The van der Waals surface area contributed by atoms with Crippen LogP contribution < -0.4 is 5.32 Å². The van der Waals surface area contributed by atoms with E-state index in [-0.39, 0.29) is 0 Å². The van der Waals surface area contributed by atoms with Gasteiger partial charge in [-0.3, -0.25) is 0 Å². The van der Waals surface area contributed by atoms with Crippen LogP contribution in [0.15, 0.2) is 0 Å². The van der Waals surface area contributed by atoms with Crippen molar-refractivity contribution >= 4 is 12.1 Å². The van der Waals surface area contributed by atoms with Gasteiger partial charge in [-0.1, -0.05) is 6.92 Å². The quantitative estimate of drug-likeness (QED) is 0.779. The van der Waals surface area contributed by atoms with Crippen LogP contribution in [0.2, 0.25) is 0 Å². The minimum Gasteiger partial charge on any atom is -0.480 e. The van der Waals surface area contributed by atoms with Gasteiger partial charge in [0.05, 0.1) is 0 Å². The second-order valence-electron chi connectivity index (χ2n) is 5.86. The Morgan fingerprint density at radius 1 is 1.41 bits per heavy atom. The number of alkyl carbamates (subject to hydrolysis) is 1. The maximum absolute atomic E-state index is 11.6. The highest BCUT2D eigenvalue weighted by Crippen LogP contribution is 2.34. The first-order chi connectivity index (χ1) is 7.65. The lowest BCUT2D eigenvalue weighted by Gasteiger charge is -2.28. The monoisotopic (exact) mass is 243 g/mol. The molecule has 0 aromatic carbocycles. The fourth-order valence-corrected chi connectivity index (χ4v) is 2.15. The zero-order valence-corrected chi connectivity index (χ0v) is 10.9. The van der Waals surface area contributed by atoms with Crippen LogP contribution in [-0.4, -0.2) is 28.3 Å². The molecule has 2 unspecified atom stereocenters. The van der Waals surface area contributed by atoms with Crippen molar-refractivity contribution in [3.05, 3.63) is 0 Å². The lowest BCUT2D eigenvalue weighted by atomic mass is 9.97. The third-order valence-corrected chi connectivity index (χ3v) is 2.91. The smallest absolute Gasteiger partial charge is 0.408 e. The van der Waals surface area contributed by atoms with E-state index in [4.69, 9.17) is 4.74 Å². The molecule has 5 heteroatoms. The van der Waals surface area contributed by atoms with Gasteiger partial charge in [0.15, 0.2) is 0 Å². The first-order valence-corrected chi connectivity index (χ1v) is 5.89. The molecule has 0 aromatic heterocycles. The van der Waals surface area contributed by atoms with Crippen LogP contribution in [0, 0.1) is 5.92 Å². The van der Waals surface area contributed by atoms with Crippen LogP contribution in [0.4, 0.5) is 4.79 Å². The molecule has 2 N–H and O–H groups in total. The third kappa shape index (κ3) is 3.61. The molecule has 1 aliphatic rings. The van der Waals surface area contributed by atoms with E-state index in [1.54, 1.807) is 20.8 Å². The van der Waals surface area contributed by atoms with Crippen molar-refractivity contribution in [2.45, 2.75) is 58.1 Å². The van der Waals surface area contributed by atoms with E-state index in [0.717, 1.165) is 6.42 Å². The van der Waals surface area contributed by atoms with Crippen LogP contribution >= 0.6 is 0 Å². The topological polar surface area (TPSA) is 75.6 Å². The molecule has 0 aliphatic heterocycles. The minimum atomic E-state index is -1.15. The molecular weight excluding hydrogens is 222 g/mol. The maximum Gasteiger partial charge on any atom is 0.408 e. The Morgan fingerprint density at radius 2 is 2.00 bits per heavy atom. The number of nitrogens with one attached hydrogen (secondary N) is 1. The number of carbonyl (C=O) groups is 2. The van der Waals surface area contributed by atoms with E-state index in [9.17, 15) is 14.7 Å². The summed E-state index contributed by atoms with van der Waals surface area (Å²) in [5.74, 6) is -0.672. The molecule has 1 saturated carbocycles. The number of aliphatic carboxylic acids is 1. The highest BCUT2D eigenvalue weighted by molar-refractivity contribution is 5.84. The summed E-state index contributed by atoms with van der Waals surface area (Å²) in [5, 5.41) is 11.8. The molecule has 5 nitrogen and oxygen atoms in total. The van der Waals surface area contributed by atoms with Gasteiger partial charge in [0.1, 0.15) is 11.1 Å². The Morgan fingerprint density at radius 3 is 2.35 bits per heavy atom. The van der Waals surface area contributed by atoms with E-state index in [1.807, 2.05) is 6.92 Å². The van der Waals surface area contributed by atoms with Crippen LogP contribution in [0.1, 0.15) is 47.0 Å². The number of hydrogen-bond acceptors (Lipinski definition) is 3. The van der Waals surface area contributed by atoms with Crippen LogP contribution in [0.3, 0.4) is 0 Å². The van der Waals surface area contributed by atoms with E-state index < -0.39 is 23.2 Å². The number of amides is 1. The first kappa shape index (κ1) is 13.8. The van der Waals surface area contributed by atoms with Crippen LogP contribution in [-0.2, 0) is 9.53 Å². The van der Waals surface area contributed by atoms with E-state index in [2.05, 4.69) is 5.32 Å². The highest BCUT2D eigenvalue weighted by Gasteiger charge is 2.46. The number of ether oxygens (including phenoxy) is 1. The molecule has 98 valence electrons. The summed E-state index contributed by atoms with van der Waals surface area (Å²) in [6, 6.07) is 0. The molecule has 1 fully saturated rings. The highest BCUT2D eigenvalue weighted by atomic mass is 16.6. The second kappa shape index (κ2) is 4.55. The van der Waals surface area contributed by atoms with E-state index >= 15 is 0 Å². The number of rotatable bonds is 2. The zero-order chi connectivity index (χ0) is 13.3. The summed E-state index contributed by atoms with van der Waals surface area (Å²) >= 11 is 0. The second-order valence-corrected chi connectivity index (χ2v) is 5.86.